The van der Waals surface area contributed by atoms with Crippen molar-refractivity contribution in [3.05, 3.63) is 50.4 Å². The summed E-state index contributed by atoms with van der Waals surface area (Å²) in [5.41, 5.74) is 1.82. The molecule has 0 bridgehead atoms. The predicted molar refractivity (Wildman–Crippen MR) is 77.1 cm³/mol. The molecule has 0 aliphatic carbocycles. The maximum atomic E-state index is 13.2. The van der Waals surface area contributed by atoms with Crippen molar-refractivity contribution in [1.82, 2.24) is 0 Å². The van der Waals surface area contributed by atoms with Gasteiger partial charge >= 0.3 is 5.97 Å². The number of thiophene rings is 1. The van der Waals surface area contributed by atoms with E-state index in [9.17, 15) is 9.18 Å². The summed E-state index contributed by atoms with van der Waals surface area (Å²) in [7, 11) is 1.27. The third-order valence-corrected chi connectivity index (χ3v) is 4.04. The van der Waals surface area contributed by atoms with E-state index in [-0.39, 0.29) is 5.56 Å². The molecular formula is C13H11BrFNO2S. The van der Waals surface area contributed by atoms with Crippen LogP contribution in [0.15, 0.2) is 33.4 Å². The summed E-state index contributed by atoms with van der Waals surface area (Å²) in [4.78, 5) is 11.6. The van der Waals surface area contributed by atoms with Gasteiger partial charge in [0.1, 0.15) is 5.82 Å². The summed E-state index contributed by atoms with van der Waals surface area (Å²) in [5, 5.41) is 5.10. The minimum Gasteiger partial charge on any atom is -0.465 e. The molecule has 19 heavy (non-hydrogen) atoms. The highest BCUT2D eigenvalue weighted by Crippen LogP contribution is 2.23. The van der Waals surface area contributed by atoms with Crippen LogP contribution in [0, 0.1) is 5.82 Å². The predicted octanol–water partition coefficient (Wildman–Crippen LogP) is 4.05. The van der Waals surface area contributed by atoms with Crippen LogP contribution in [0.3, 0.4) is 0 Å². The molecule has 2 aromatic rings. The fraction of sp³-hybridized carbons (Fsp3) is 0.154. The van der Waals surface area contributed by atoms with Crippen LogP contribution < -0.4 is 5.32 Å². The number of esters is 1. The lowest BCUT2D eigenvalue weighted by atomic mass is 10.1. The quantitative estimate of drug-likeness (QED) is 0.851. The molecule has 6 heteroatoms. The van der Waals surface area contributed by atoms with Gasteiger partial charge in [-0.2, -0.15) is 0 Å². The second-order valence-electron chi connectivity index (χ2n) is 3.79. The van der Waals surface area contributed by atoms with Crippen molar-refractivity contribution in [3.8, 4) is 0 Å². The Morgan fingerprint density at radius 1 is 1.47 bits per heavy atom. The molecule has 0 aliphatic heterocycles. The SMILES string of the molecule is COC(=O)c1cc(F)ccc1NCc1csc(Br)c1. The van der Waals surface area contributed by atoms with Crippen molar-refractivity contribution >= 4 is 38.9 Å². The number of hydrogen-bond donors (Lipinski definition) is 1. The number of anilines is 1. The number of hydrogen-bond acceptors (Lipinski definition) is 4. The highest BCUT2D eigenvalue weighted by atomic mass is 79.9. The standard InChI is InChI=1S/C13H11BrFNO2S/c1-18-13(17)10-5-9(15)2-3-11(10)16-6-8-4-12(14)19-7-8/h2-5,7,16H,6H2,1H3. The molecule has 100 valence electrons. The topological polar surface area (TPSA) is 38.3 Å². The largest absolute Gasteiger partial charge is 0.465 e. The van der Waals surface area contributed by atoms with Gasteiger partial charge in [0, 0.05) is 12.2 Å². The van der Waals surface area contributed by atoms with Gasteiger partial charge < -0.3 is 10.1 Å². The maximum Gasteiger partial charge on any atom is 0.340 e. The van der Waals surface area contributed by atoms with Gasteiger partial charge in [-0.15, -0.1) is 11.3 Å². The van der Waals surface area contributed by atoms with Crippen molar-refractivity contribution < 1.29 is 13.9 Å². The molecule has 0 unspecified atom stereocenters. The van der Waals surface area contributed by atoms with Crippen molar-refractivity contribution in [1.29, 1.82) is 0 Å². The van der Waals surface area contributed by atoms with E-state index in [1.165, 1.54) is 19.2 Å². The van der Waals surface area contributed by atoms with Crippen LogP contribution in [0.2, 0.25) is 0 Å². The number of benzene rings is 1. The number of methoxy groups -OCH3 is 1. The second kappa shape index (κ2) is 6.16. The van der Waals surface area contributed by atoms with Crippen molar-refractivity contribution in [3.63, 3.8) is 0 Å². The van der Waals surface area contributed by atoms with Crippen LogP contribution in [-0.2, 0) is 11.3 Å². The first-order chi connectivity index (χ1) is 9.10. The van der Waals surface area contributed by atoms with E-state index in [4.69, 9.17) is 0 Å². The maximum absolute atomic E-state index is 13.2. The van der Waals surface area contributed by atoms with Crippen LogP contribution in [0.25, 0.3) is 0 Å². The Hall–Kier alpha value is -1.40. The van der Waals surface area contributed by atoms with E-state index in [0.29, 0.717) is 12.2 Å². The first-order valence-corrected chi connectivity index (χ1v) is 7.12. The van der Waals surface area contributed by atoms with Crippen LogP contribution in [0.4, 0.5) is 10.1 Å². The minimum absolute atomic E-state index is 0.191. The van der Waals surface area contributed by atoms with E-state index >= 15 is 0 Å². The van der Waals surface area contributed by atoms with Crippen LogP contribution in [0.1, 0.15) is 15.9 Å². The summed E-state index contributed by atoms with van der Waals surface area (Å²) >= 11 is 4.97. The molecule has 1 aromatic heterocycles. The Morgan fingerprint density at radius 2 is 2.26 bits per heavy atom. The fourth-order valence-corrected chi connectivity index (χ4v) is 2.79. The Bertz CT molecular complexity index is 600. The molecule has 1 heterocycles. The number of nitrogens with one attached hydrogen (secondary N) is 1. The molecule has 1 N–H and O–H groups in total. The second-order valence-corrected chi connectivity index (χ2v) is 6.08. The van der Waals surface area contributed by atoms with E-state index in [0.717, 1.165) is 15.4 Å². The first-order valence-electron chi connectivity index (χ1n) is 5.45. The van der Waals surface area contributed by atoms with E-state index in [1.54, 1.807) is 11.3 Å². The van der Waals surface area contributed by atoms with Gasteiger partial charge in [-0.25, -0.2) is 9.18 Å². The van der Waals surface area contributed by atoms with E-state index < -0.39 is 11.8 Å². The lowest BCUT2D eigenvalue weighted by molar-refractivity contribution is 0.0601. The zero-order chi connectivity index (χ0) is 13.8. The van der Waals surface area contributed by atoms with Crippen LogP contribution in [0.5, 0.6) is 0 Å². The average Bonchev–Trinajstić information content (AvgIpc) is 2.82. The monoisotopic (exact) mass is 343 g/mol. The summed E-state index contributed by atoms with van der Waals surface area (Å²) in [5.74, 6) is -1.03. The van der Waals surface area contributed by atoms with Crippen LogP contribution in [-0.4, -0.2) is 13.1 Å². The number of carbonyl (C=O) groups is 1. The molecule has 3 nitrogen and oxygen atoms in total. The van der Waals surface area contributed by atoms with Crippen LogP contribution >= 0.6 is 27.3 Å². The lowest BCUT2D eigenvalue weighted by Crippen LogP contribution is -2.08. The first kappa shape index (κ1) is 14.0. The highest BCUT2D eigenvalue weighted by molar-refractivity contribution is 9.11. The summed E-state index contributed by atoms with van der Waals surface area (Å²) in [6.45, 7) is 0.553. The Morgan fingerprint density at radius 3 is 2.89 bits per heavy atom. The summed E-state index contributed by atoms with van der Waals surface area (Å²) in [6.07, 6.45) is 0. The molecule has 0 saturated carbocycles. The number of ether oxygens (including phenoxy) is 1. The third kappa shape index (κ3) is 3.54. The minimum atomic E-state index is -0.562. The molecule has 0 aliphatic rings. The number of halogens is 2. The van der Waals surface area contributed by atoms with Crippen molar-refractivity contribution in [2.24, 2.45) is 0 Å². The number of carbonyl (C=O) groups excluding carboxylic acids is 1. The van der Waals surface area contributed by atoms with Gasteiger partial charge in [0.2, 0.25) is 0 Å². The summed E-state index contributed by atoms with van der Waals surface area (Å²) in [6, 6.07) is 5.98. The van der Waals surface area contributed by atoms with Gasteiger partial charge in [0.05, 0.1) is 16.5 Å². The summed E-state index contributed by atoms with van der Waals surface area (Å²) < 4.78 is 18.8. The Kier molecular flexibility index (Phi) is 4.55. The molecule has 0 atom stereocenters. The lowest BCUT2D eigenvalue weighted by Gasteiger charge is -2.10. The molecule has 1 aromatic carbocycles. The molecule has 0 fully saturated rings. The van der Waals surface area contributed by atoms with Gasteiger partial charge in [-0.3, -0.25) is 0 Å². The van der Waals surface area contributed by atoms with E-state index in [2.05, 4.69) is 26.0 Å². The van der Waals surface area contributed by atoms with E-state index in [1.807, 2.05) is 11.4 Å². The van der Waals surface area contributed by atoms with Crippen molar-refractivity contribution in [2.45, 2.75) is 6.54 Å². The number of rotatable bonds is 4. The van der Waals surface area contributed by atoms with Gasteiger partial charge in [-0.05, 0) is 51.1 Å². The highest BCUT2D eigenvalue weighted by Gasteiger charge is 2.13. The Labute approximate surface area is 122 Å². The molecule has 2 rings (SSSR count). The smallest absolute Gasteiger partial charge is 0.340 e. The van der Waals surface area contributed by atoms with Gasteiger partial charge in [-0.1, -0.05) is 0 Å². The molecule has 0 spiro atoms. The Balaban J connectivity index is 2.17. The zero-order valence-electron chi connectivity index (χ0n) is 10.1. The fourth-order valence-electron chi connectivity index (χ4n) is 1.59. The normalized spacial score (nSPS) is 10.3. The van der Waals surface area contributed by atoms with Gasteiger partial charge in [0.15, 0.2) is 0 Å². The third-order valence-electron chi connectivity index (χ3n) is 2.49. The molecular weight excluding hydrogens is 333 g/mol. The average molecular weight is 344 g/mol. The molecule has 0 saturated heterocycles. The molecule has 0 radical (unpaired) electrons. The van der Waals surface area contributed by atoms with Gasteiger partial charge in [0.25, 0.3) is 0 Å². The van der Waals surface area contributed by atoms with Crippen molar-refractivity contribution in [2.75, 3.05) is 12.4 Å². The molecule has 0 amide bonds. The zero-order valence-corrected chi connectivity index (χ0v) is 12.5.